The number of hydrogen-bond donors (Lipinski definition) is 2. The molecule has 0 aliphatic heterocycles. The third-order valence-electron chi connectivity index (χ3n) is 3.20. The van der Waals surface area contributed by atoms with E-state index in [0.717, 1.165) is 5.69 Å². The van der Waals surface area contributed by atoms with Crippen LogP contribution in [0.4, 0.5) is 11.5 Å². The van der Waals surface area contributed by atoms with Gasteiger partial charge in [0.15, 0.2) is 0 Å². The van der Waals surface area contributed by atoms with Crippen molar-refractivity contribution in [3.63, 3.8) is 0 Å². The Labute approximate surface area is 154 Å². The maximum absolute atomic E-state index is 12.3. The molecule has 25 heavy (non-hydrogen) atoms. The second-order valence-corrected chi connectivity index (χ2v) is 5.95. The Morgan fingerprint density at radius 3 is 2.52 bits per heavy atom. The van der Waals surface area contributed by atoms with Crippen molar-refractivity contribution in [2.24, 2.45) is 0 Å². The van der Waals surface area contributed by atoms with Gasteiger partial charge in [0.1, 0.15) is 17.8 Å². The molecule has 1 aromatic carbocycles. The first-order valence-electron chi connectivity index (χ1n) is 7.33. The summed E-state index contributed by atoms with van der Waals surface area (Å²) in [6, 6.07) is 12.0. The highest BCUT2D eigenvalue weighted by Crippen LogP contribution is 2.22. The molecule has 2 heterocycles. The third kappa shape index (κ3) is 4.89. The summed E-state index contributed by atoms with van der Waals surface area (Å²) in [5.41, 5.74) is 1.57. The van der Waals surface area contributed by atoms with Crippen LogP contribution < -0.4 is 10.6 Å². The second-order valence-electron chi connectivity index (χ2n) is 5.08. The van der Waals surface area contributed by atoms with Gasteiger partial charge in [0.2, 0.25) is 0 Å². The average Bonchev–Trinajstić information content (AvgIpc) is 2.60. The first-order valence-corrected chi connectivity index (χ1v) is 8.09. The molecule has 2 N–H and O–H groups in total. The first kappa shape index (κ1) is 17.1. The van der Waals surface area contributed by atoms with E-state index in [1.807, 2.05) is 18.2 Å². The molecule has 0 saturated carbocycles. The Hall–Kier alpha value is -2.70. The molecule has 1 amide bonds. The number of hydrogen-bond acceptors (Lipinski definition) is 5. The molecule has 0 saturated heterocycles. The van der Waals surface area contributed by atoms with Crippen molar-refractivity contribution in [2.45, 2.75) is 6.54 Å². The van der Waals surface area contributed by atoms with Crippen molar-refractivity contribution in [1.29, 1.82) is 0 Å². The van der Waals surface area contributed by atoms with Gasteiger partial charge >= 0.3 is 0 Å². The molecule has 0 spiro atoms. The number of rotatable bonds is 5. The smallest absolute Gasteiger partial charge is 0.274 e. The van der Waals surface area contributed by atoms with Crippen molar-refractivity contribution in [3.05, 3.63) is 76.4 Å². The summed E-state index contributed by atoms with van der Waals surface area (Å²) in [5.74, 6) is 0.136. The molecule has 0 aliphatic rings. The summed E-state index contributed by atoms with van der Waals surface area (Å²) in [5, 5.41) is 6.67. The van der Waals surface area contributed by atoms with Gasteiger partial charge < -0.3 is 10.6 Å². The van der Waals surface area contributed by atoms with Crippen molar-refractivity contribution < 1.29 is 4.79 Å². The molecular weight excluding hydrogens is 361 g/mol. The van der Waals surface area contributed by atoms with Crippen molar-refractivity contribution in [1.82, 2.24) is 15.0 Å². The monoisotopic (exact) mass is 373 g/mol. The molecule has 0 fully saturated rings. The van der Waals surface area contributed by atoms with Gasteiger partial charge in [-0.2, -0.15) is 0 Å². The minimum Gasteiger partial charge on any atom is -0.364 e. The fourth-order valence-electron chi connectivity index (χ4n) is 2.08. The molecule has 126 valence electrons. The van der Waals surface area contributed by atoms with E-state index in [-0.39, 0.29) is 11.6 Å². The zero-order valence-electron chi connectivity index (χ0n) is 12.9. The lowest BCUT2D eigenvalue weighted by atomic mass is 10.3. The predicted octanol–water partition coefficient (Wildman–Crippen LogP) is 4.04. The summed E-state index contributed by atoms with van der Waals surface area (Å²) >= 11 is 11.9. The van der Waals surface area contributed by atoms with Crippen LogP contribution >= 0.6 is 23.2 Å². The zero-order chi connectivity index (χ0) is 17.6. The molecule has 2 aromatic heterocycles. The Bertz CT molecular complexity index is 869. The highest BCUT2D eigenvalue weighted by molar-refractivity contribution is 6.35. The minimum absolute atomic E-state index is 0.217. The Balaban J connectivity index is 1.68. The lowest BCUT2D eigenvalue weighted by Crippen LogP contribution is -2.14. The van der Waals surface area contributed by atoms with Crippen LogP contribution in [-0.2, 0) is 6.54 Å². The number of halogens is 2. The van der Waals surface area contributed by atoms with Crippen LogP contribution in [0.5, 0.6) is 0 Å². The summed E-state index contributed by atoms with van der Waals surface area (Å²) in [6.45, 7) is 0.489. The first-order chi connectivity index (χ1) is 12.1. The van der Waals surface area contributed by atoms with Crippen molar-refractivity contribution in [2.75, 3.05) is 10.6 Å². The molecule has 3 aromatic rings. The number of anilines is 2. The van der Waals surface area contributed by atoms with Crippen LogP contribution in [0.15, 0.2) is 55.0 Å². The van der Waals surface area contributed by atoms with Gasteiger partial charge in [-0.3, -0.25) is 9.78 Å². The molecule has 3 rings (SSSR count). The number of carbonyl (C=O) groups excluding carboxylic acids is 1. The van der Waals surface area contributed by atoms with E-state index >= 15 is 0 Å². The lowest BCUT2D eigenvalue weighted by Gasteiger charge is -2.08. The highest BCUT2D eigenvalue weighted by atomic mass is 35.5. The number of nitrogens with zero attached hydrogens (tertiary/aromatic N) is 3. The number of carbonyl (C=O) groups is 1. The van der Waals surface area contributed by atoms with Crippen LogP contribution in [0.25, 0.3) is 0 Å². The average molecular weight is 374 g/mol. The second kappa shape index (κ2) is 7.92. The Morgan fingerprint density at radius 2 is 1.80 bits per heavy atom. The van der Waals surface area contributed by atoms with E-state index in [2.05, 4.69) is 25.6 Å². The molecular formula is C17H13Cl2N5O. The normalized spacial score (nSPS) is 10.3. The summed E-state index contributed by atoms with van der Waals surface area (Å²) in [7, 11) is 0. The minimum atomic E-state index is -0.387. The van der Waals surface area contributed by atoms with Crippen LogP contribution in [0.1, 0.15) is 16.2 Å². The van der Waals surface area contributed by atoms with Gasteiger partial charge in [-0.1, -0.05) is 29.3 Å². The lowest BCUT2D eigenvalue weighted by molar-refractivity contribution is 0.102. The van der Waals surface area contributed by atoms with Gasteiger partial charge in [-0.15, -0.1) is 0 Å². The van der Waals surface area contributed by atoms with Crippen LogP contribution in [0.2, 0.25) is 10.0 Å². The fourth-order valence-corrected chi connectivity index (χ4v) is 2.61. The topological polar surface area (TPSA) is 79.8 Å². The summed E-state index contributed by atoms with van der Waals surface area (Å²) < 4.78 is 0. The van der Waals surface area contributed by atoms with Crippen LogP contribution in [-0.4, -0.2) is 20.9 Å². The maximum Gasteiger partial charge on any atom is 0.274 e. The summed E-state index contributed by atoms with van der Waals surface area (Å²) in [6.07, 6.45) is 3.03. The largest absolute Gasteiger partial charge is 0.364 e. The van der Waals surface area contributed by atoms with Crippen LogP contribution in [0.3, 0.4) is 0 Å². The maximum atomic E-state index is 12.3. The molecule has 6 nitrogen and oxygen atoms in total. The SMILES string of the molecule is O=C(Nc1cc(Cl)cc(Cl)c1)c1cc(NCc2ccccn2)ncn1. The van der Waals surface area contributed by atoms with Gasteiger partial charge in [0.25, 0.3) is 5.91 Å². The van der Waals surface area contributed by atoms with E-state index in [1.54, 1.807) is 30.5 Å². The summed E-state index contributed by atoms with van der Waals surface area (Å²) in [4.78, 5) is 24.6. The standard InChI is InChI=1S/C17H13Cl2N5O/c18-11-5-12(19)7-14(6-11)24-17(25)15-8-16(23-10-22-15)21-9-13-3-1-2-4-20-13/h1-8,10H,9H2,(H,24,25)(H,21,22,23). The van der Waals surface area contributed by atoms with E-state index < -0.39 is 0 Å². The Kier molecular flexibility index (Phi) is 5.42. The number of nitrogens with one attached hydrogen (secondary N) is 2. The van der Waals surface area contributed by atoms with E-state index in [0.29, 0.717) is 28.1 Å². The molecule has 8 heteroatoms. The zero-order valence-corrected chi connectivity index (χ0v) is 14.4. The van der Waals surface area contributed by atoms with Gasteiger partial charge in [-0.05, 0) is 30.3 Å². The number of benzene rings is 1. The third-order valence-corrected chi connectivity index (χ3v) is 3.63. The quantitative estimate of drug-likeness (QED) is 0.705. The van der Waals surface area contributed by atoms with Gasteiger partial charge in [0, 0.05) is 28.0 Å². The van der Waals surface area contributed by atoms with Crippen molar-refractivity contribution >= 4 is 40.6 Å². The number of amides is 1. The number of pyridine rings is 1. The molecule has 0 aliphatic carbocycles. The highest BCUT2D eigenvalue weighted by Gasteiger charge is 2.10. The molecule has 0 unspecified atom stereocenters. The molecule has 0 radical (unpaired) electrons. The molecule has 0 atom stereocenters. The van der Waals surface area contributed by atoms with E-state index in [9.17, 15) is 4.79 Å². The number of aromatic nitrogens is 3. The Morgan fingerprint density at radius 1 is 1.00 bits per heavy atom. The van der Waals surface area contributed by atoms with Gasteiger partial charge in [0.05, 0.1) is 12.2 Å². The van der Waals surface area contributed by atoms with E-state index in [4.69, 9.17) is 23.2 Å². The van der Waals surface area contributed by atoms with Crippen molar-refractivity contribution in [3.8, 4) is 0 Å². The fraction of sp³-hybridized carbons (Fsp3) is 0.0588. The molecule has 0 bridgehead atoms. The van der Waals surface area contributed by atoms with Crippen LogP contribution in [0, 0.1) is 0 Å². The predicted molar refractivity (Wildman–Crippen MR) is 98.0 cm³/mol. The van der Waals surface area contributed by atoms with Gasteiger partial charge in [-0.25, -0.2) is 9.97 Å². The van der Waals surface area contributed by atoms with E-state index in [1.165, 1.54) is 6.33 Å².